The van der Waals surface area contributed by atoms with Gasteiger partial charge in [-0.1, -0.05) is 0 Å². The monoisotopic (exact) mass is 298 g/mol. The number of carbonyl (C=O) groups excluding carboxylic acids is 1. The largest absolute Gasteiger partial charge is 0.417 e. The summed E-state index contributed by atoms with van der Waals surface area (Å²) in [5.74, 6) is -0.583. The van der Waals surface area contributed by atoms with E-state index >= 15 is 0 Å². The molecule has 1 N–H and O–H groups in total. The van der Waals surface area contributed by atoms with Gasteiger partial charge in [-0.25, -0.2) is 0 Å². The second-order valence-electron chi connectivity index (χ2n) is 4.75. The van der Waals surface area contributed by atoms with Gasteiger partial charge in [0.2, 0.25) is 5.91 Å². The zero-order chi connectivity index (χ0) is 15.5. The number of ether oxygens (including phenoxy) is 1. The molecule has 1 aromatic rings. The Labute approximate surface area is 119 Å². The maximum Gasteiger partial charge on any atom is 0.417 e. The lowest BCUT2D eigenvalue weighted by Gasteiger charge is -2.21. The molecule has 1 fully saturated rings. The molecule has 0 radical (unpaired) electrons. The first kappa shape index (κ1) is 15.3. The molecule has 0 aliphatic carbocycles. The molecule has 4 nitrogen and oxygen atoms in total. The van der Waals surface area contributed by atoms with Crippen LogP contribution in [0, 0.1) is 17.2 Å². The fraction of sp³-hybridized carbons (Fsp3) is 0.429. The van der Waals surface area contributed by atoms with Gasteiger partial charge >= 0.3 is 6.18 Å². The molecule has 0 aromatic heterocycles. The third-order valence-electron chi connectivity index (χ3n) is 3.31. The summed E-state index contributed by atoms with van der Waals surface area (Å²) in [5, 5.41) is 11.2. The van der Waals surface area contributed by atoms with Gasteiger partial charge in [-0.3, -0.25) is 4.79 Å². The Morgan fingerprint density at radius 2 is 2.00 bits per heavy atom. The number of halogens is 3. The zero-order valence-corrected chi connectivity index (χ0v) is 11.0. The summed E-state index contributed by atoms with van der Waals surface area (Å²) in [6, 6.07) is 4.64. The van der Waals surface area contributed by atoms with E-state index in [9.17, 15) is 18.0 Å². The van der Waals surface area contributed by atoms with Gasteiger partial charge in [0.15, 0.2) is 0 Å². The second-order valence-corrected chi connectivity index (χ2v) is 4.75. The van der Waals surface area contributed by atoms with Crippen molar-refractivity contribution in [2.24, 2.45) is 5.92 Å². The number of carbonyl (C=O) groups is 1. The summed E-state index contributed by atoms with van der Waals surface area (Å²) in [7, 11) is 0. The van der Waals surface area contributed by atoms with Crippen LogP contribution in [0.4, 0.5) is 18.9 Å². The molecule has 0 atom stereocenters. The van der Waals surface area contributed by atoms with Crippen molar-refractivity contribution in [3.8, 4) is 6.07 Å². The number of nitrogens with one attached hydrogen (secondary N) is 1. The molecule has 112 valence electrons. The highest BCUT2D eigenvalue weighted by molar-refractivity contribution is 5.92. The van der Waals surface area contributed by atoms with Crippen molar-refractivity contribution in [2.45, 2.75) is 19.0 Å². The number of anilines is 1. The van der Waals surface area contributed by atoms with Crippen LogP contribution < -0.4 is 5.32 Å². The van der Waals surface area contributed by atoms with Gasteiger partial charge in [-0.15, -0.1) is 0 Å². The first-order valence-corrected chi connectivity index (χ1v) is 6.42. The number of nitriles is 1. The van der Waals surface area contributed by atoms with Gasteiger partial charge in [0.05, 0.1) is 17.2 Å². The minimum Gasteiger partial charge on any atom is -0.381 e. The van der Waals surface area contributed by atoms with Crippen molar-refractivity contribution in [2.75, 3.05) is 18.5 Å². The Bertz CT molecular complexity index is 573. The first-order valence-electron chi connectivity index (χ1n) is 6.42. The van der Waals surface area contributed by atoms with E-state index in [1.54, 1.807) is 0 Å². The summed E-state index contributed by atoms with van der Waals surface area (Å²) in [4.78, 5) is 12.0. The third kappa shape index (κ3) is 3.73. The van der Waals surface area contributed by atoms with E-state index in [1.165, 1.54) is 12.1 Å². The summed E-state index contributed by atoms with van der Waals surface area (Å²) in [5.41, 5.74) is -1.47. The molecule has 0 spiro atoms. The maximum absolute atomic E-state index is 12.8. The van der Waals surface area contributed by atoms with Crippen molar-refractivity contribution < 1.29 is 22.7 Å². The van der Waals surface area contributed by atoms with E-state index in [1.807, 2.05) is 0 Å². The number of nitrogens with zero attached hydrogens (tertiary/aromatic N) is 1. The van der Waals surface area contributed by atoms with Crippen LogP contribution in [0.25, 0.3) is 0 Å². The molecule has 1 saturated heterocycles. The Balaban J connectivity index is 2.17. The lowest BCUT2D eigenvalue weighted by molar-refractivity contribution is -0.137. The van der Waals surface area contributed by atoms with Gasteiger partial charge in [0.25, 0.3) is 0 Å². The van der Waals surface area contributed by atoms with Crippen molar-refractivity contribution in [1.82, 2.24) is 0 Å². The molecule has 1 aromatic carbocycles. The Morgan fingerprint density at radius 1 is 1.33 bits per heavy atom. The number of hydrogen-bond acceptors (Lipinski definition) is 3. The van der Waals surface area contributed by atoms with Gasteiger partial charge in [0, 0.05) is 24.8 Å². The summed E-state index contributed by atoms with van der Waals surface area (Å²) in [6.45, 7) is 0.943. The molecule has 0 saturated carbocycles. The quantitative estimate of drug-likeness (QED) is 0.913. The highest BCUT2D eigenvalue weighted by Crippen LogP contribution is 2.33. The number of alkyl halides is 3. The lowest BCUT2D eigenvalue weighted by atomic mass is 9.99. The van der Waals surface area contributed by atoms with E-state index in [0.29, 0.717) is 26.1 Å². The van der Waals surface area contributed by atoms with E-state index in [4.69, 9.17) is 10.00 Å². The average molecular weight is 298 g/mol. The highest BCUT2D eigenvalue weighted by atomic mass is 19.4. The van der Waals surface area contributed by atoms with Crippen molar-refractivity contribution >= 4 is 11.6 Å². The molecule has 7 heteroatoms. The first-order chi connectivity index (χ1) is 9.91. The molecular formula is C14H13F3N2O2. The standard InChI is InChI=1S/C14H13F3N2O2/c15-14(16,17)12-7-11(2-1-10(12)8-18)19-13(20)9-3-5-21-6-4-9/h1-2,7,9H,3-6H2,(H,19,20). The van der Waals surface area contributed by atoms with Gasteiger partial charge in [-0.2, -0.15) is 18.4 Å². The molecule has 1 aliphatic heterocycles. The van der Waals surface area contributed by atoms with E-state index in [-0.39, 0.29) is 17.5 Å². The number of hydrogen-bond donors (Lipinski definition) is 1. The molecule has 1 aliphatic rings. The van der Waals surface area contributed by atoms with Crippen LogP contribution in [-0.2, 0) is 15.7 Å². The lowest BCUT2D eigenvalue weighted by Crippen LogP contribution is -2.28. The normalized spacial score (nSPS) is 16.3. The van der Waals surface area contributed by atoms with Crippen LogP contribution in [0.5, 0.6) is 0 Å². The van der Waals surface area contributed by atoms with Crippen LogP contribution in [0.3, 0.4) is 0 Å². The van der Waals surface area contributed by atoms with E-state index < -0.39 is 17.3 Å². The molecular weight excluding hydrogens is 285 g/mol. The Kier molecular flexibility index (Phi) is 4.48. The zero-order valence-electron chi connectivity index (χ0n) is 11.0. The minimum atomic E-state index is -4.63. The Morgan fingerprint density at radius 3 is 2.57 bits per heavy atom. The SMILES string of the molecule is N#Cc1ccc(NC(=O)C2CCOCC2)cc1C(F)(F)F. The van der Waals surface area contributed by atoms with Crippen LogP contribution >= 0.6 is 0 Å². The van der Waals surface area contributed by atoms with Crippen molar-refractivity contribution in [1.29, 1.82) is 5.26 Å². The fourth-order valence-electron chi connectivity index (χ4n) is 2.16. The summed E-state index contributed by atoms with van der Waals surface area (Å²) >= 11 is 0. The van der Waals surface area contributed by atoms with Gasteiger partial charge in [-0.05, 0) is 31.0 Å². The molecule has 1 amide bonds. The van der Waals surface area contributed by atoms with Crippen LogP contribution in [-0.4, -0.2) is 19.1 Å². The van der Waals surface area contributed by atoms with Gasteiger partial charge < -0.3 is 10.1 Å². The summed E-state index contributed by atoms with van der Waals surface area (Å²) in [6.07, 6.45) is -3.53. The Hall–Kier alpha value is -2.07. The number of benzene rings is 1. The molecule has 0 unspecified atom stereocenters. The predicted octanol–water partition coefficient (Wildman–Crippen LogP) is 2.94. The fourth-order valence-corrected chi connectivity index (χ4v) is 2.16. The van der Waals surface area contributed by atoms with Crippen molar-refractivity contribution in [3.05, 3.63) is 29.3 Å². The van der Waals surface area contributed by atoms with Crippen molar-refractivity contribution in [3.63, 3.8) is 0 Å². The smallest absolute Gasteiger partial charge is 0.381 e. The highest BCUT2D eigenvalue weighted by Gasteiger charge is 2.34. The topological polar surface area (TPSA) is 62.1 Å². The molecule has 1 heterocycles. The van der Waals surface area contributed by atoms with Crippen LogP contribution in [0.2, 0.25) is 0 Å². The second kappa shape index (κ2) is 6.14. The van der Waals surface area contributed by atoms with E-state index in [2.05, 4.69) is 5.32 Å². The molecule has 0 bridgehead atoms. The predicted molar refractivity (Wildman–Crippen MR) is 68.3 cm³/mol. The van der Waals surface area contributed by atoms with E-state index in [0.717, 1.165) is 12.1 Å². The van der Waals surface area contributed by atoms with Gasteiger partial charge in [0.1, 0.15) is 0 Å². The maximum atomic E-state index is 12.8. The van der Waals surface area contributed by atoms with Crippen LogP contribution in [0.15, 0.2) is 18.2 Å². The number of amides is 1. The molecule has 2 rings (SSSR count). The summed E-state index contributed by atoms with van der Waals surface area (Å²) < 4.78 is 43.6. The number of rotatable bonds is 2. The van der Waals surface area contributed by atoms with Crippen LogP contribution in [0.1, 0.15) is 24.0 Å². The minimum absolute atomic E-state index is 0.0396. The third-order valence-corrected chi connectivity index (χ3v) is 3.31. The average Bonchev–Trinajstić information content (AvgIpc) is 2.47. The molecule has 21 heavy (non-hydrogen) atoms.